The summed E-state index contributed by atoms with van der Waals surface area (Å²) >= 11 is 0. The molecule has 0 aromatic carbocycles. The first kappa shape index (κ1) is 7.75. The van der Waals surface area contributed by atoms with Crippen molar-refractivity contribution in [1.82, 2.24) is 0 Å². The molecule has 0 aliphatic heterocycles. The molecule has 1 unspecified atom stereocenters. The van der Waals surface area contributed by atoms with E-state index in [0.717, 1.165) is 5.92 Å². The molecule has 1 rings (SSSR count). The van der Waals surface area contributed by atoms with E-state index in [9.17, 15) is 0 Å². The molecule has 54 valence electrons. The molecule has 0 spiro atoms. The van der Waals surface area contributed by atoms with Gasteiger partial charge >= 0.3 is 0 Å². The van der Waals surface area contributed by atoms with E-state index < -0.39 is 0 Å². The van der Waals surface area contributed by atoms with Crippen molar-refractivity contribution in [2.45, 2.75) is 26.2 Å². The van der Waals surface area contributed by atoms with Crippen LogP contribution in [0.5, 0.6) is 0 Å². The van der Waals surface area contributed by atoms with Gasteiger partial charge in [-0.2, -0.15) is 0 Å². The highest BCUT2D eigenvalue weighted by Crippen LogP contribution is 2.25. The lowest BCUT2D eigenvalue weighted by Crippen LogP contribution is -1.85. The maximum atomic E-state index is 2.28. The molecule has 1 heteroatoms. The van der Waals surface area contributed by atoms with Crippen LogP contribution >= 0.6 is 8.19 Å². The Hall–Kier alpha value is -0.350. The molecule has 1 aromatic rings. The topological polar surface area (TPSA) is 0 Å². The molecule has 0 bridgehead atoms. The Morgan fingerprint density at radius 3 is 2.80 bits per heavy atom. The van der Waals surface area contributed by atoms with Crippen LogP contribution in [0.25, 0.3) is 0 Å². The van der Waals surface area contributed by atoms with Gasteiger partial charge in [0, 0.05) is 0 Å². The lowest BCUT2D eigenvalue weighted by molar-refractivity contribution is 0.747. The Bertz CT molecular complexity index is 181. The van der Waals surface area contributed by atoms with E-state index in [-0.39, 0.29) is 0 Å². The van der Waals surface area contributed by atoms with E-state index in [1.54, 1.807) is 5.30 Å². The monoisotopic (exact) mass is 152 g/mol. The summed E-state index contributed by atoms with van der Waals surface area (Å²) in [6.07, 6.45) is 1.25. The van der Waals surface area contributed by atoms with Crippen molar-refractivity contribution >= 4 is 8.19 Å². The molecule has 10 heavy (non-hydrogen) atoms. The van der Waals surface area contributed by atoms with Crippen molar-refractivity contribution < 1.29 is 0 Å². The summed E-state index contributed by atoms with van der Waals surface area (Å²) in [6.45, 7) is 4.52. The number of rotatable bonds is 2. The average molecular weight is 152 g/mol. The van der Waals surface area contributed by atoms with Gasteiger partial charge in [-0.1, -0.05) is 40.2 Å². The molecule has 0 saturated heterocycles. The summed E-state index contributed by atoms with van der Waals surface area (Å²) in [6, 6.07) is 6.46. The van der Waals surface area contributed by atoms with Crippen LogP contribution < -0.4 is 0 Å². The summed E-state index contributed by atoms with van der Waals surface area (Å²) in [5, 5.41) is 1.55. The van der Waals surface area contributed by atoms with Gasteiger partial charge in [0.2, 0.25) is 0 Å². The van der Waals surface area contributed by atoms with Crippen molar-refractivity contribution in [3.05, 3.63) is 29.3 Å². The normalized spacial score (nSPS) is 13.8. The van der Waals surface area contributed by atoms with Gasteiger partial charge in [-0.25, -0.2) is 0 Å². The van der Waals surface area contributed by atoms with Gasteiger partial charge < -0.3 is 0 Å². The Balaban J connectivity index is 2.75. The van der Waals surface area contributed by atoms with E-state index in [4.69, 9.17) is 0 Å². The summed E-state index contributed by atoms with van der Waals surface area (Å²) in [4.78, 5) is 0. The average Bonchev–Trinajstić information content (AvgIpc) is 2.05. The smallest absolute Gasteiger partial charge is 0.0149 e. The van der Waals surface area contributed by atoms with Crippen LogP contribution in [0.2, 0.25) is 0 Å². The molecule has 0 amide bonds. The largest absolute Gasteiger partial charge is 0.0726 e. The number of hydrogen-bond acceptors (Lipinski definition) is 0. The summed E-state index contributed by atoms with van der Waals surface area (Å²) < 4.78 is 0. The SMILES string of the molecule is CCC(C)c1ccccp1. The van der Waals surface area contributed by atoms with E-state index in [2.05, 4.69) is 37.8 Å². The zero-order chi connectivity index (χ0) is 7.40. The Morgan fingerprint density at radius 2 is 2.30 bits per heavy atom. The van der Waals surface area contributed by atoms with Crippen LogP contribution in [0.15, 0.2) is 24.0 Å². The van der Waals surface area contributed by atoms with Crippen LogP contribution in [0, 0.1) is 0 Å². The molecular weight excluding hydrogens is 139 g/mol. The van der Waals surface area contributed by atoms with Gasteiger partial charge in [-0.05, 0) is 23.4 Å². The maximum Gasteiger partial charge on any atom is -0.0149 e. The Labute approximate surface area is 64.4 Å². The maximum absolute atomic E-state index is 2.28. The van der Waals surface area contributed by atoms with E-state index >= 15 is 0 Å². The molecule has 1 atom stereocenters. The fourth-order valence-electron chi connectivity index (χ4n) is 0.877. The zero-order valence-electron chi connectivity index (χ0n) is 6.54. The van der Waals surface area contributed by atoms with Crippen LogP contribution in [-0.4, -0.2) is 0 Å². The molecule has 0 N–H and O–H groups in total. The molecule has 0 radical (unpaired) electrons. The second kappa shape index (κ2) is 3.73. The second-order valence-electron chi connectivity index (χ2n) is 2.56. The Kier molecular flexibility index (Phi) is 2.89. The van der Waals surface area contributed by atoms with Crippen LogP contribution in [0.1, 0.15) is 31.5 Å². The minimum atomic E-state index is 0.753. The van der Waals surface area contributed by atoms with Gasteiger partial charge in [-0.3, -0.25) is 0 Å². The highest BCUT2D eigenvalue weighted by Gasteiger charge is 1.99. The molecular formula is C9H13P. The van der Waals surface area contributed by atoms with Crippen molar-refractivity contribution in [2.75, 3.05) is 0 Å². The molecule has 0 nitrogen and oxygen atoms in total. The molecule has 0 aliphatic rings. The minimum absolute atomic E-state index is 0.753. The van der Waals surface area contributed by atoms with Crippen molar-refractivity contribution in [3.63, 3.8) is 0 Å². The van der Waals surface area contributed by atoms with Crippen LogP contribution in [-0.2, 0) is 0 Å². The molecule has 0 fully saturated rings. The first-order chi connectivity index (χ1) is 4.84. The lowest BCUT2D eigenvalue weighted by atomic mass is 10.1. The highest BCUT2D eigenvalue weighted by molar-refractivity contribution is 7.30. The highest BCUT2D eigenvalue weighted by atomic mass is 31.0. The molecule has 1 heterocycles. The predicted octanol–water partition coefficient (Wildman–Crippen LogP) is 3.78. The van der Waals surface area contributed by atoms with Crippen molar-refractivity contribution in [3.8, 4) is 0 Å². The standard InChI is InChI=1S/C9H13P/c1-3-8(2)9-6-4-5-7-10-9/h4-8H,3H2,1-2H3. The van der Waals surface area contributed by atoms with E-state index in [0.29, 0.717) is 0 Å². The zero-order valence-corrected chi connectivity index (χ0v) is 7.44. The van der Waals surface area contributed by atoms with Gasteiger partial charge in [0.25, 0.3) is 0 Å². The van der Waals surface area contributed by atoms with Crippen LogP contribution in [0.4, 0.5) is 0 Å². The quantitative estimate of drug-likeness (QED) is 0.605. The predicted molar refractivity (Wildman–Crippen MR) is 47.7 cm³/mol. The number of hydrogen-bond donors (Lipinski definition) is 0. The van der Waals surface area contributed by atoms with E-state index in [1.807, 2.05) is 0 Å². The lowest BCUT2D eigenvalue weighted by Gasteiger charge is -2.05. The fraction of sp³-hybridized carbons (Fsp3) is 0.444. The van der Waals surface area contributed by atoms with Gasteiger partial charge in [-0.15, -0.1) is 0 Å². The second-order valence-corrected chi connectivity index (χ2v) is 3.64. The Morgan fingerprint density at radius 1 is 1.50 bits per heavy atom. The third-order valence-corrected chi connectivity index (χ3v) is 3.01. The molecule has 0 saturated carbocycles. The van der Waals surface area contributed by atoms with E-state index in [1.165, 1.54) is 14.6 Å². The van der Waals surface area contributed by atoms with Gasteiger partial charge in [0.15, 0.2) is 0 Å². The minimum Gasteiger partial charge on any atom is -0.0726 e. The third kappa shape index (κ3) is 1.82. The summed E-state index contributed by atoms with van der Waals surface area (Å²) in [5.41, 5.74) is 0. The van der Waals surface area contributed by atoms with Crippen molar-refractivity contribution in [1.29, 1.82) is 0 Å². The first-order valence-corrected chi connectivity index (χ1v) is 4.72. The van der Waals surface area contributed by atoms with Crippen molar-refractivity contribution in [2.24, 2.45) is 0 Å². The van der Waals surface area contributed by atoms with Gasteiger partial charge in [0.1, 0.15) is 0 Å². The summed E-state index contributed by atoms with van der Waals surface area (Å²) in [7, 11) is 1.39. The molecule has 0 aliphatic carbocycles. The first-order valence-electron chi connectivity index (χ1n) is 3.75. The molecule has 1 aromatic heterocycles. The van der Waals surface area contributed by atoms with Gasteiger partial charge in [0.05, 0.1) is 0 Å². The summed E-state index contributed by atoms with van der Waals surface area (Å²) in [5.74, 6) is 2.95. The third-order valence-electron chi connectivity index (χ3n) is 1.81. The fourth-order valence-corrected chi connectivity index (χ4v) is 1.84. The van der Waals surface area contributed by atoms with Crippen LogP contribution in [0.3, 0.4) is 0 Å².